The summed E-state index contributed by atoms with van der Waals surface area (Å²) >= 11 is 0. The predicted molar refractivity (Wildman–Crippen MR) is 167 cm³/mol. The zero-order valence-electron chi connectivity index (χ0n) is 26.2. The van der Waals surface area contributed by atoms with Crippen LogP contribution in [-0.4, -0.2) is 58.0 Å². The molecule has 2 aliphatic heterocycles. The molecular formula is C34H40F3N5O3. The minimum absolute atomic E-state index is 0.129. The number of hydrogen-bond acceptors (Lipinski definition) is 7. The van der Waals surface area contributed by atoms with Crippen molar-refractivity contribution in [1.29, 1.82) is 0 Å². The maximum absolute atomic E-state index is 13.1. The number of nitrogens with one attached hydrogen (secondary N) is 1. The van der Waals surface area contributed by atoms with Crippen molar-refractivity contribution in [1.82, 2.24) is 14.9 Å². The lowest BCUT2D eigenvalue weighted by Crippen LogP contribution is -2.38. The molecule has 0 saturated carbocycles. The van der Waals surface area contributed by atoms with Crippen molar-refractivity contribution in [2.45, 2.75) is 77.7 Å². The second-order valence-electron chi connectivity index (χ2n) is 12.9. The Morgan fingerprint density at radius 3 is 2.24 bits per heavy atom. The zero-order valence-corrected chi connectivity index (χ0v) is 26.2. The van der Waals surface area contributed by atoms with Crippen LogP contribution < -0.4 is 10.2 Å². The lowest BCUT2D eigenvalue weighted by Gasteiger charge is -2.33. The Hall–Kier alpha value is -3.99. The van der Waals surface area contributed by atoms with E-state index in [9.17, 15) is 22.8 Å². The molecule has 1 aromatic carbocycles. The third-order valence-corrected chi connectivity index (χ3v) is 8.40. The molecule has 0 aliphatic carbocycles. The molecule has 8 nitrogen and oxygen atoms in total. The van der Waals surface area contributed by atoms with Crippen molar-refractivity contribution in [2.75, 3.05) is 29.9 Å². The number of esters is 1. The molecule has 240 valence electrons. The Bertz CT molecular complexity index is 1500. The fourth-order valence-electron chi connectivity index (χ4n) is 5.89. The minimum atomic E-state index is -4.41. The van der Waals surface area contributed by atoms with E-state index in [1.165, 1.54) is 12.1 Å². The van der Waals surface area contributed by atoms with E-state index in [1.807, 2.05) is 26.8 Å². The molecule has 1 amide bonds. The molecule has 2 saturated heterocycles. The number of hydrogen-bond donors (Lipinski definition) is 1. The highest BCUT2D eigenvalue weighted by Crippen LogP contribution is 2.33. The minimum Gasteiger partial charge on any atom is -0.460 e. The van der Waals surface area contributed by atoms with Crippen molar-refractivity contribution in [3.63, 3.8) is 0 Å². The zero-order chi connectivity index (χ0) is 32.4. The van der Waals surface area contributed by atoms with Crippen molar-refractivity contribution < 1.29 is 27.5 Å². The number of pyridine rings is 2. The molecule has 0 spiro atoms. The summed E-state index contributed by atoms with van der Waals surface area (Å²) in [4.78, 5) is 38.9. The van der Waals surface area contributed by atoms with Crippen molar-refractivity contribution in [3.05, 3.63) is 71.7 Å². The summed E-state index contributed by atoms with van der Waals surface area (Å²) in [5.74, 6) is -0.366. The number of piperidine rings is 1. The molecular weight excluding hydrogens is 583 g/mol. The van der Waals surface area contributed by atoms with Gasteiger partial charge in [0.2, 0.25) is 0 Å². The van der Waals surface area contributed by atoms with Gasteiger partial charge in [0.25, 0.3) is 5.91 Å². The van der Waals surface area contributed by atoms with Crippen LogP contribution in [0, 0.1) is 5.92 Å². The predicted octanol–water partition coefficient (Wildman–Crippen LogP) is 6.96. The monoisotopic (exact) mass is 623 g/mol. The first-order valence-corrected chi connectivity index (χ1v) is 15.4. The number of benzene rings is 1. The van der Waals surface area contributed by atoms with Gasteiger partial charge in [0.15, 0.2) is 0 Å². The normalized spacial score (nSPS) is 18.2. The maximum atomic E-state index is 13.1. The number of anilines is 2. The fourth-order valence-corrected chi connectivity index (χ4v) is 5.89. The van der Waals surface area contributed by atoms with E-state index in [1.54, 1.807) is 24.5 Å². The number of rotatable bonds is 7. The lowest BCUT2D eigenvalue weighted by atomic mass is 9.96. The van der Waals surface area contributed by atoms with Crippen LogP contribution in [0.15, 0.2) is 54.9 Å². The fraction of sp³-hybridized carbons (Fsp3) is 0.471. The van der Waals surface area contributed by atoms with Crippen LogP contribution in [0.2, 0.25) is 0 Å². The summed E-state index contributed by atoms with van der Waals surface area (Å²) in [5.41, 5.74) is 2.10. The number of ether oxygens (including phenoxy) is 1. The number of halogens is 3. The van der Waals surface area contributed by atoms with E-state index >= 15 is 0 Å². The van der Waals surface area contributed by atoms with Gasteiger partial charge >= 0.3 is 12.1 Å². The summed E-state index contributed by atoms with van der Waals surface area (Å²) in [6.07, 6.45) is 2.37. The van der Waals surface area contributed by atoms with E-state index in [4.69, 9.17) is 4.74 Å². The average Bonchev–Trinajstić information content (AvgIpc) is 3.40. The number of likely N-dealkylation sites (tertiary alicyclic amines) is 1. The number of aromatic nitrogens is 2. The Morgan fingerprint density at radius 1 is 0.956 bits per heavy atom. The summed E-state index contributed by atoms with van der Waals surface area (Å²) < 4.78 is 45.0. The van der Waals surface area contributed by atoms with Crippen LogP contribution in [-0.2, 0) is 22.3 Å². The van der Waals surface area contributed by atoms with Crippen LogP contribution in [0.5, 0.6) is 0 Å². The molecule has 0 bridgehead atoms. The topological polar surface area (TPSA) is 87.7 Å². The van der Waals surface area contributed by atoms with Gasteiger partial charge in [0.05, 0.1) is 23.4 Å². The van der Waals surface area contributed by atoms with Crippen molar-refractivity contribution in [2.24, 2.45) is 5.92 Å². The molecule has 4 heterocycles. The van der Waals surface area contributed by atoms with Gasteiger partial charge in [-0.05, 0) is 101 Å². The molecule has 2 aromatic heterocycles. The lowest BCUT2D eigenvalue weighted by molar-refractivity contribution is -0.160. The molecule has 3 aromatic rings. The number of nitrogens with zero attached hydrogens (tertiary/aromatic N) is 4. The third-order valence-electron chi connectivity index (χ3n) is 8.40. The van der Waals surface area contributed by atoms with Gasteiger partial charge < -0.3 is 15.0 Å². The molecule has 0 radical (unpaired) electrons. The summed E-state index contributed by atoms with van der Waals surface area (Å²) in [6, 6.07) is 10.7. The Morgan fingerprint density at radius 2 is 1.67 bits per heavy atom. The average molecular weight is 624 g/mol. The van der Waals surface area contributed by atoms with Crippen LogP contribution in [0.4, 0.5) is 24.7 Å². The number of carbonyl (C=O) groups excluding carboxylic acids is 2. The largest absolute Gasteiger partial charge is 0.460 e. The first kappa shape index (κ1) is 32.4. The third kappa shape index (κ3) is 8.19. The van der Waals surface area contributed by atoms with Gasteiger partial charge in [0, 0.05) is 37.4 Å². The molecule has 1 N–H and O–H groups in total. The smallest absolute Gasteiger partial charge is 0.416 e. The van der Waals surface area contributed by atoms with E-state index in [2.05, 4.69) is 32.0 Å². The molecule has 45 heavy (non-hydrogen) atoms. The van der Waals surface area contributed by atoms with Gasteiger partial charge in [-0.1, -0.05) is 12.1 Å². The Labute approximate surface area is 262 Å². The summed E-state index contributed by atoms with van der Waals surface area (Å²) in [5, 5.41) is 2.83. The van der Waals surface area contributed by atoms with Crippen LogP contribution in [0.1, 0.15) is 75.0 Å². The van der Waals surface area contributed by atoms with Crippen LogP contribution in [0.25, 0.3) is 11.1 Å². The van der Waals surface area contributed by atoms with Gasteiger partial charge in [0.1, 0.15) is 17.1 Å². The van der Waals surface area contributed by atoms with Gasteiger partial charge in [-0.3, -0.25) is 14.5 Å². The van der Waals surface area contributed by atoms with Gasteiger partial charge in [-0.25, -0.2) is 9.97 Å². The second-order valence-corrected chi connectivity index (χ2v) is 12.9. The standard InChI is InChI=1S/C34H40F3N5O3/c1-22-6-5-15-42(22)21-25-18-30(39-20-28(25)23-7-9-26(10-8-23)34(35,36)37)40-31(43)29-12-11-27(19-38-29)41-16-13-24(14-17-41)32(44)45-33(2,3)4/h7-12,18-20,22,24H,5-6,13-17,21H2,1-4H3,(H,39,40,43)/t22-/m1/s1. The number of alkyl halides is 3. The molecule has 11 heteroatoms. The quantitative estimate of drug-likeness (QED) is 0.285. The highest BCUT2D eigenvalue weighted by molar-refractivity contribution is 6.02. The van der Waals surface area contributed by atoms with E-state index in [0.29, 0.717) is 49.9 Å². The highest BCUT2D eigenvalue weighted by Gasteiger charge is 2.31. The summed E-state index contributed by atoms with van der Waals surface area (Å²) in [7, 11) is 0. The Kier molecular flexibility index (Phi) is 9.48. The van der Waals surface area contributed by atoms with Crippen molar-refractivity contribution >= 4 is 23.4 Å². The maximum Gasteiger partial charge on any atom is 0.416 e. The Balaban J connectivity index is 1.27. The number of amides is 1. The first-order chi connectivity index (χ1) is 21.3. The molecule has 5 rings (SSSR count). The van der Waals surface area contributed by atoms with Gasteiger partial charge in [-0.2, -0.15) is 13.2 Å². The SMILES string of the molecule is C[C@@H]1CCCN1Cc1cc(NC(=O)c2ccc(N3CCC(C(=O)OC(C)(C)C)CC3)cn2)ncc1-c1ccc(C(F)(F)F)cc1. The van der Waals surface area contributed by atoms with E-state index in [0.717, 1.165) is 48.3 Å². The van der Waals surface area contributed by atoms with E-state index < -0.39 is 23.2 Å². The van der Waals surface area contributed by atoms with Gasteiger partial charge in [-0.15, -0.1) is 0 Å². The molecule has 2 fully saturated rings. The molecule has 1 atom stereocenters. The van der Waals surface area contributed by atoms with E-state index in [-0.39, 0.29) is 17.6 Å². The van der Waals surface area contributed by atoms with Crippen LogP contribution >= 0.6 is 0 Å². The molecule has 2 aliphatic rings. The first-order valence-electron chi connectivity index (χ1n) is 15.4. The van der Waals surface area contributed by atoms with Crippen molar-refractivity contribution in [3.8, 4) is 11.1 Å². The number of carbonyl (C=O) groups is 2. The second kappa shape index (κ2) is 13.2. The van der Waals surface area contributed by atoms with Crippen LogP contribution in [0.3, 0.4) is 0 Å². The molecule has 0 unspecified atom stereocenters. The highest BCUT2D eigenvalue weighted by atomic mass is 19.4. The summed E-state index contributed by atoms with van der Waals surface area (Å²) in [6.45, 7) is 10.6.